The molecule has 0 saturated heterocycles. The maximum Gasteiger partial charge on any atom is 0.167 e. The number of hydrogen-bond donors (Lipinski definition) is 0. The molecule has 2 nitrogen and oxygen atoms in total. The molecule has 0 aliphatic heterocycles. The van der Waals surface area contributed by atoms with Crippen molar-refractivity contribution in [1.29, 1.82) is 0 Å². The number of furan rings is 1. The highest BCUT2D eigenvalue weighted by Gasteiger charge is 2.33. The lowest BCUT2D eigenvalue weighted by atomic mass is 9.81. The summed E-state index contributed by atoms with van der Waals surface area (Å²) in [7, 11) is 0. The Morgan fingerprint density at radius 2 is 1.67 bits per heavy atom. The van der Waals surface area contributed by atoms with Crippen LogP contribution in [0.4, 0.5) is 0 Å². The Balaban J connectivity index is 1.77. The SMILES string of the molecule is Cc1oc2c(c1-c1ccc(Br)cc1)C(=O)CC(c1ccccc1)C2. The Labute approximate surface area is 149 Å². The Hall–Kier alpha value is -2.13. The first kappa shape index (κ1) is 15.4. The number of hydrogen-bond acceptors (Lipinski definition) is 2. The van der Waals surface area contributed by atoms with E-state index in [1.54, 1.807) is 0 Å². The van der Waals surface area contributed by atoms with Gasteiger partial charge in [-0.15, -0.1) is 0 Å². The number of ketones is 1. The maximum absolute atomic E-state index is 12.9. The minimum Gasteiger partial charge on any atom is -0.465 e. The van der Waals surface area contributed by atoms with Gasteiger partial charge in [0.25, 0.3) is 0 Å². The number of aryl methyl sites for hydroxylation is 1. The number of benzene rings is 2. The summed E-state index contributed by atoms with van der Waals surface area (Å²) in [5.41, 5.74) is 3.97. The summed E-state index contributed by atoms with van der Waals surface area (Å²) < 4.78 is 7.04. The van der Waals surface area contributed by atoms with Crippen LogP contribution in [0.2, 0.25) is 0 Å². The molecule has 1 atom stereocenters. The molecule has 0 N–H and O–H groups in total. The molecule has 1 aliphatic rings. The van der Waals surface area contributed by atoms with Crippen LogP contribution in [0, 0.1) is 6.92 Å². The molecular formula is C21H17BrO2. The number of Topliss-reactive ketones (excluding diaryl/α,β-unsaturated/α-hetero) is 1. The van der Waals surface area contributed by atoms with Crippen molar-refractivity contribution in [1.82, 2.24) is 0 Å². The van der Waals surface area contributed by atoms with Gasteiger partial charge in [-0.05, 0) is 36.1 Å². The molecule has 0 radical (unpaired) electrons. The number of halogens is 1. The molecule has 3 heteroatoms. The van der Waals surface area contributed by atoms with Gasteiger partial charge in [0.2, 0.25) is 0 Å². The van der Waals surface area contributed by atoms with E-state index in [0.29, 0.717) is 6.42 Å². The molecule has 2 aromatic carbocycles. The van der Waals surface area contributed by atoms with Gasteiger partial charge in [-0.25, -0.2) is 0 Å². The highest BCUT2D eigenvalue weighted by Crippen LogP contribution is 2.41. The zero-order valence-electron chi connectivity index (χ0n) is 13.4. The summed E-state index contributed by atoms with van der Waals surface area (Å²) in [6, 6.07) is 18.3. The average Bonchev–Trinajstić information content (AvgIpc) is 2.93. The van der Waals surface area contributed by atoms with E-state index < -0.39 is 0 Å². The summed E-state index contributed by atoms with van der Waals surface area (Å²) in [6.07, 6.45) is 1.32. The Kier molecular flexibility index (Phi) is 3.89. The van der Waals surface area contributed by atoms with E-state index in [-0.39, 0.29) is 11.7 Å². The van der Waals surface area contributed by atoms with Crippen molar-refractivity contribution in [3.63, 3.8) is 0 Å². The molecule has 24 heavy (non-hydrogen) atoms. The van der Waals surface area contributed by atoms with Gasteiger partial charge in [-0.2, -0.15) is 0 Å². The molecule has 0 amide bonds. The molecule has 0 bridgehead atoms. The van der Waals surface area contributed by atoms with E-state index in [9.17, 15) is 4.79 Å². The van der Waals surface area contributed by atoms with Crippen LogP contribution in [-0.4, -0.2) is 5.78 Å². The van der Waals surface area contributed by atoms with Gasteiger partial charge in [0.05, 0.1) is 5.56 Å². The van der Waals surface area contributed by atoms with Crippen LogP contribution in [0.5, 0.6) is 0 Å². The Morgan fingerprint density at radius 3 is 2.38 bits per heavy atom. The van der Waals surface area contributed by atoms with Gasteiger partial charge in [0, 0.05) is 22.9 Å². The van der Waals surface area contributed by atoms with Crippen LogP contribution >= 0.6 is 15.9 Å². The first-order valence-electron chi connectivity index (χ1n) is 8.10. The van der Waals surface area contributed by atoms with E-state index in [0.717, 1.165) is 39.1 Å². The molecule has 1 aromatic heterocycles. The highest BCUT2D eigenvalue weighted by molar-refractivity contribution is 9.10. The van der Waals surface area contributed by atoms with Crippen molar-refractivity contribution >= 4 is 21.7 Å². The molecule has 4 rings (SSSR count). The monoisotopic (exact) mass is 380 g/mol. The molecule has 0 fully saturated rings. The van der Waals surface area contributed by atoms with Crippen molar-refractivity contribution in [2.75, 3.05) is 0 Å². The highest BCUT2D eigenvalue weighted by atomic mass is 79.9. The molecule has 120 valence electrons. The second kappa shape index (κ2) is 6.06. The quantitative estimate of drug-likeness (QED) is 0.551. The van der Waals surface area contributed by atoms with Crippen molar-refractivity contribution < 1.29 is 9.21 Å². The number of carbonyl (C=O) groups excluding carboxylic acids is 1. The predicted octanol–water partition coefficient (Wildman–Crippen LogP) is 5.93. The van der Waals surface area contributed by atoms with Crippen molar-refractivity contribution in [2.45, 2.75) is 25.7 Å². The van der Waals surface area contributed by atoms with Crippen molar-refractivity contribution in [2.24, 2.45) is 0 Å². The minimum atomic E-state index is 0.180. The van der Waals surface area contributed by atoms with Crippen LogP contribution in [0.15, 0.2) is 63.5 Å². The fourth-order valence-electron chi connectivity index (χ4n) is 3.59. The predicted molar refractivity (Wildman–Crippen MR) is 98.4 cm³/mol. The van der Waals surface area contributed by atoms with Gasteiger partial charge >= 0.3 is 0 Å². The van der Waals surface area contributed by atoms with Gasteiger partial charge < -0.3 is 4.42 Å². The van der Waals surface area contributed by atoms with Crippen LogP contribution < -0.4 is 0 Å². The molecule has 1 aliphatic carbocycles. The van der Waals surface area contributed by atoms with Crippen LogP contribution in [-0.2, 0) is 6.42 Å². The van der Waals surface area contributed by atoms with E-state index in [1.165, 1.54) is 5.56 Å². The minimum absolute atomic E-state index is 0.180. The summed E-state index contributed by atoms with van der Waals surface area (Å²) in [5.74, 6) is 2.04. The number of fused-ring (bicyclic) bond motifs is 1. The third kappa shape index (κ3) is 2.63. The van der Waals surface area contributed by atoms with E-state index in [1.807, 2.05) is 49.4 Å². The van der Waals surface area contributed by atoms with Crippen LogP contribution in [0.3, 0.4) is 0 Å². The normalized spacial score (nSPS) is 16.9. The second-order valence-electron chi connectivity index (χ2n) is 6.28. The molecule has 0 spiro atoms. The zero-order chi connectivity index (χ0) is 16.7. The Morgan fingerprint density at radius 1 is 0.958 bits per heavy atom. The maximum atomic E-state index is 12.9. The summed E-state index contributed by atoms with van der Waals surface area (Å²) >= 11 is 3.46. The third-order valence-electron chi connectivity index (χ3n) is 4.70. The van der Waals surface area contributed by atoms with Gasteiger partial charge in [0.1, 0.15) is 11.5 Å². The van der Waals surface area contributed by atoms with Crippen molar-refractivity contribution in [3.8, 4) is 11.1 Å². The lowest BCUT2D eigenvalue weighted by Gasteiger charge is -2.21. The molecule has 3 aromatic rings. The van der Waals surface area contributed by atoms with Gasteiger partial charge in [0.15, 0.2) is 5.78 Å². The lowest BCUT2D eigenvalue weighted by Crippen LogP contribution is -2.17. The first-order chi connectivity index (χ1) is 11.6. The summed E-state index contributed by atoms with van der Waals surface area (Å²) in [4.78, 5) is 12.9. The van der Waals surface area contributed by atoms with E-state index in [4.69, 9.17) is 4.42 Å². The standard InChI is InChI=1S/C21H17BrO2/c1-13-20(15-7-9-17(22)10-8-15)21-18(23)11-16(12-19(21)24-13)14-5-3-2-4-6-14/h2-10,16H,11-12H2,1H3. The topological polar surface area (TPSA) is 30.2 Å². The fourth-order valence-corrected chi connectivity index (χ4v) is 3.85. The number of rotatable bonds is 2. The Bertz CT molecular complexity index is 892. The molecule has 1 heterocycles. The summed E-state index contributed by atoms with van der Waals surface area (Å²) in [5, 5.41) is 0. The number of carbonyl (C=O) groups is 1. The fraction of sp³-hybridized carbons (Fsp3) is 0.190. The van der Waals surface area contributed by atoms with Crippen LogP contribution in [0.1, 0.15) is 39.8 Å². The average molecular weight is 381 g/mol. The third-order valence-corrected chi connectivity index (χ3v) is 5.23. The second-order valence-corrected chi connectivity index (χ2v) is 7.19. The van der Waals surface area contributed by atoms with Crippen molar-refractivity contribution in [3.05, 3.63) is 81.7 Å². The molecule has 1 unspecified atom stereocenters. The zero-order valence-corrected chi connectivity index (χ0v) is 15.0. The largest absolute Gasteiger partial charge is 0.465 e. The smallest absolute Gasteiger partial charge is 0.167 e. The van der Waals surface area contributed by atoms with Gasteiger partial charge in [-0.1, -0.05) is 58.4 Å². The molecular weight excluding hydrogens is 364 g/mol. The first-order valence-corrected chi connectivity index (χ1v) is 8.89. The van der Waals surface area contributed by atoms with E-state index >= 15 is 0 Å². The molecule has 0 saturated carbocycles. The van der Waals surface area contributed by atoms with E-state index in [2.05, 4.69) is 28.1 Å². The summed E-state index contributed by atoms with van der Waals surface area (Å²) in [6.45, 7) is 1.94. The van der Waals surface area contributed by atoms with Crippen LogP contribution in [0.25, 0.3) is 11.1 Å². The van der Waals surface area contributed by atoms with Gasteiger partial charge in [-0.3, -0.25) is 4.79 Å². The lowest BCUT2D eigenvalue weighted by molar-refractivity contribution is 0.0961.